The van der Waals surface area contributed by atoms with Gasteiger partial charge in [0.05, 0.1) is 11.5 Å². The number of rotatable bonds is 6. The molecule has 1 fully saturated rings. The third-order valence-corrected chi connectivity index (χ3v) is 4.94. The van der Waals surface area contributed by atoms with Crippen LogP contribution in [0.4, 0.5) is 0 Å². The van der Waals surface area contributed by atoms with Gasteiger partial charge in [0.2, 0.25) is 0 Å². The van der Waals surface area contributed by atoms with Gasteiger partial charge in [-0.25, -0.2) is 0 Å². The van der Waals surface area contributed by atoms with Crippen LogP contribution in [0.25, 0.3) is 6.08 Å². The molecule has 1 atom stereocenters. The number of hydrogen-bond donors (Lipinski definition) is 1. The summed E-state index contributed by atoms with van der Waals surface area (Å²) in [5.74, 6) is 1.15. The number of hydrogen-bond acceptors (Lipinski definition) is 5. The van der Waals surface area contributed by atoms with E-state index in [0.29, 0.717) is 27.3 Å². The molecule has 4 nitrogen and oxygen atoms in total. The SMILES string of the molecule is CCOc1cc(C=C2SC(=S)NC2=O)ccc1OC(C)c1ccccc1. The van der Waals surface area contributed by atoms with Crippen LogP contribution in [0.5, 0.6) is 11.5 Å². The molecule has 3 rings (SSSR count). The molecule has 1 amide bonds. The van der Waals surface area contributed by atoms with Gasteiger partial charge in [-0.1, -0.05) is 60.4 Å². The number of thiocarbonyl (C=S) groups is 1. The third kappa shape index (κ3) is 4.45. The number of carbonyl (C=O) groups excluding carboxylic acids is 1. The summed E-state index contributed by atoms with van der Waals surface area (Å²) in [6.45, 7) is 4.45. The lowest BCUT2D eigenvalue weighted by Crippen LogP contribution is -2.17. The molecule has 0 radical (unpaired) electrons. The first-order valence-electron chi connectivity index (χ1n) is 8.30. The van der Waals surface area contributed by atoms with E-state index in [2.05, 4.69) is 5.32 Å². The molecule has 0 spiro atoms. The average Bonchev–Trinajstić information content (AvgIpc) is 2.95. The summed E-state index contributed by atoms with van der Waals surface area (Å²) < 4.78 is 12.3. The first-order chi connectivity index (χ1) is 12.6. The number of nitrogens with one attached hydrogen (secondary N) is 1. The second kappa shape index (κ2) is 8.38. The van der Waals surface area contributed by atoms with Crippen molar-refractivity contribution in [3.8, 4) is 11.5 Å². The lowest BCUT2D eigenvalue weighted by Gasteiger charge is -2.18. The minimum Gasteiger partial charge on any atom is -0.490 e. The Hall–Kier alpha value is -2.31. The van der Waals surface area contributed by atoms with Gasteiger partial charge in [0.15, 0.2) is 11.5 Å². The molecular weight excluding hydrogens is 366 g/mol. The zero-order valence-corrected chi connectivity index (χ0v) is 16.2. The second-order valence-electron chi connectivity index (χ2n) is 5.66. The quantitative estimate of drug-likeness (QED) is 0.576. The van der Waals surface area contributed by atoms with Crippen molar-refractivity contribution in [3.05, 3.63) is 64.6 Å². The zero-order chi connectivity index (χ0) is 18.5. The highest BCUT2D eigenvalue weighted by Crippen LogP contribution is 2.34. The van der Waals surface area contributed by atoms with Crippen LogP contribution in [0, 0.1) is 0 Å². The molecule has 1 aliphatic heterocycles. The number of ether oxygens (including phenoxy) is 2. The lowest BCUT2D eigenvalue weighted by atomic mass is 10.1. The van der Waals surface area contributed by atoms with Crippen LogP contribution in [0.3, 0.4) is 0 Å². The Balaban J connectivity index is 1.84. The maximum atomic E-state index is 11.8. The second-order valence-corrected chi connectivity index (χ2v) is 7.38. The van der Waals surface area contributed by atoms with E-state index in [1.165, 1.54) is 11.8 Å². The maximum absolute atomic E-state index is 11.8. The molecule has 1 aliphatic rings. The van der Waals surface area contributed by atoms with E-state index < -0.39 is 0 Å². The van der Waals surface area contributed by atoms with E-state index >= 15 is 0 Å². The van der Waals surface area contributed by atoms with Crippen molar-refractivity contribution in [1.29, 1.82) is 0 Å². The number of thioether (sulfide) groups is 1. The van der Waals surface area contributed by atoms with Gasteiger partial charge in [-0.15, -0.1) is 0 Å². The number of amides is 1. The molecule has 1 N–H and O–H groups in total. The summed E-state index contributed by atoms with van der Waals surface area (Å²) >= 11 is 6.28. The number of benzene rings is 2. The average molecular weight is 386 g/mol. The molecule has 0 bridgehead atoms. The highest BCUT2D eigenvalue weighted by atomic mass is 32.2. The van der Waals surface area contributed by atoms with Gasteiger partial charge in [-0.2, -0.15) is 0 Å². The fourth-order valence-electron chi connectivity index (χ4n) is 2.54. The van der Waals surface area contributed by atoms with Crippen LogP contribution in [0.15, 0.2) is 53.4 Å². The highest BCUT2D eigenvalue weighted by Gasteiger charge is 2.22. The van der Waals surface area contributed by atoms with Crippen molar-refractivity contribution in [2.24, 2.45) is 0 Å². The van der Waals surface area contributed by atoms with Crippen LogP contribution >= 0.6 is 24.0 Å². The Morgan fingerprint density at radius 2 is 1.96 bits per heavy atom. The van der Waals surface area contributed by atoms with Gasteiger partial charge >= 0.3 is 0 Å². The Kier molecular flexibility index (Phi) is 5.96. The molecule has 2 aromatic carbocycles. The lowest BCUT2D eigenvalue weighted by molar-refractivity contribution is -0.115. The minimum absolute atomic E-state index is 0.104. The zero-order valence-electron chi connectivity index (χ0n) is 14.5. The minimum atomic E-state index is -0.170. The van der Waals surface area contributed by atoms with Crippen molar-refractivity contribution < 1.29 is 14.3 Å². The highest BCUT2D eigenvalue weighted by molar-refractivity contribution is 8.26. The van der Waals surface area contributed by atoms with Crippen molar-refractivity contribution in [2.75, 3.05) is 6.61 Å². The molecule has 0 saturated carbocycles. The van der Waals surface area contributed by atoms with Crippen molar-refractivity contribution in [3.63, 3.8) is 0 Å². The molecule has 1 saturated heterocycles. The monoisotopic (exact) mass is 385 g/mol. The predicted octanol–water partition coefficient (Wildman–Crippen LogP) is 4.71. The third-order valence-electron chi connectivity index (χ3n) is 3.78. The summed E-state index contributed by atoms with van der Waals surface area (Å²) in [5.41, 5.74) is 1.95. The van der Waals surface area contributed by atoms with Gasteiger partial charge in [0, 0.05) is 0 Å². The van der Waals surface area contributed by atoms with Crippen molar-refractivity contribution in [1.82, 2.24) is 5.32 Å². The Morgan fingerprint density at radius 1 is 1.19 bits per heavy atom. The molecule has 134 valence electrons. The molecule has 1 unspecified atom stereocenters. The van der Waals surface area contributed by atoms with Gasteiger partial charge in [0.1, 0.15) is 10.4 Å². The molecule has 1 heterocycles. The molecule has 26 heavy (non-hydrogen) atoms. The first kappa shape index (κ1) is 18.5. The first-order valence-corrected chi connectivity index (χ1v) is 9.52. The maximum Gasteiger partial charge on any atom is 0.263 e. The summed E-state index contributed by atoms with van der Waals surface area (Å²) in [6.07, 6.45) is 1.69. The van der Waals surface area contributed by atoms with Gasteiger partial charge in [0.25, 0.3) is 5.91 Å². The Labute approximate surface area is 162 Å². The summed E-state index contributed by atoms with van der Waals surface area (Å²) in [4.78, 5) is 12.4. The van der Waals surface area contributed by atoms with Gasteiger partial charge < -0.3 is 14.8 Å². The predicted molar refractivity (Wildman–Crippen MR) is 109 cm³/mol. The normalized spacial score (nSPS) is 16.5. The van der Waals surface area contributed by atoms with E-state index in [-0.39, 0.29) is 12.0 Å². The van der Waals surface area contributed by atoms with Crippen LogP contribution in [0.2, 0.25) is 0 Å². The van der Waals surface area contributed by atoms with E-state index in [4.69, 9.17) is 21.7 Å². The topological polar surface area (TPSA) is 47.6 Å². The van der Waals surface area contributed by atoms with E-state index in [1.807, 2.05) is 62.4 Å². The van der Waals surface area contributed by atoms with Gasteiger partial charge in [-0.3, -0.25) is 4.79 Å². The molecular formula is C20H19NO3S2. The summed E-state index contributed by atoms with van der Waals surface area (Å²) in [7, 11) is 0. The van der Waals surface area contributed by atoms with Crippen LogP contribution in [0.1, 0.15) is 31.1 Å². The van der Waals surface area contributed by atoms with E-state index in [0.717, 1.165) is 11.1 Å². The fraction of sp³-hybridized carbons (Fsp3) is 0.200. The summed E-state index contributed by atoms with van der Waals surface area (Å²) in [5, 5.41) is 2.61. The van der Waals surface area contributed by atoms with Gasteiger partial charge in [-0.05, 0) is 43.2 Å². The van der Waals surface area contributed by atoms with Crippen molar-refractivity contribution >= 4 is 40.3 Å². The largest absolute Gasteiger partial charge is 0.490 e. The fourth-order valence-corrected chi connectivity index (χ4v) is 3.58. The standard InChI is InChI=1S/C20H19NO3S2/c1-3-23-17-11-14(12-18-19(22)21-20(25)26-18)9-10-16(17)24-13(2)15-7-5-4-6-8-15/h4-13H,3H2,1-2H3,(H,21,22,25). The smallest absolute Gasteiger partial charge is 0.263 e. The molecule has 0 aliphatic carbocycles. The molecule has 0 aromatic heterocycles. The Morgan fingerprint density at radius 3 is 2.62 bits per heavy atom. The molecule has 6 heteroatoms. The summed E-state index contributed by atoms with van der Waals surface area (Å²) in [6, 6.07) is 15.7. The molecule has 2 aromatic rings. The number of carbonyl (C=O) groups is 1. The van der Waals surface area contributed by atoms with Crippen LogP contribution in [-0.4, -0.2) is 16.8 Å². The van der Waals surface area contributed by atoms with E-state index in [9.17, 15) is 4.79 Å². The van der Waals surface area contributed by atoms with Crippen molar-refractivity contribution in [2.45, 2.75) is 20.0 Å². The van der Waals surface area contributed by atoms with Crippen LogP contribution < -0.4 is 14.8 Å². The Bertz CT molecular complexity index is 849. The van der Waals surface area contributed by atoms with E-state index in [1.54, 1.807) is 6.08 Å². The van der Waals surface area contributed by atoms with Crippen LogP contribution in [-0.2, 0) is 4.79 Å².